The Hall–Kier alpha value is -0.410. The summed E-state index contributed by atoms with van der Waals surface area (Å²) in [7, 11) is 0. The van der Waals surface area contributed by atoms with E-state index in [9.17, 15) is 0 Å². The maximum absolute atomic E-state index is 5.02. The topological polar surface area (TPSA) is 24.9 Å². The molecule has 3 heteroatoms. The van der Waals surface area contributed by atoms with Gasteiger partial charge in [0.15, 0.2) is 0 Å². The Morgan fingerprint density at radius 1 is 1.21 bits per heavy atom. The van der Waals surface area contributed by atoms with Gasteiger partial charge < -0.3 is 5.32 Å². The molecular weight excluding hydrogens is 252 g/mol. The van der Waals surface area contributed by atoms with Crippen LogP contribution in [0.1, 0.15) is 69.5 Å². The summed E-state index contributed by atoms with van der Waals surface area (Å²) in [5.74, 6) is 0.563. The minimum absolute atomic E-state index is 0.0518. The predicted octanol–water partition coefficient (Wildman–Crippen LogP) is 4.28. The van der Waals surface area contributed by atoms with Crippen molar-refractivity contribution in [1.82, 2.24) is 10.3 Å². The van der Waals surface area contributed by atoms with Crippen LogP contribution in [-0.2, 0) is 18.4 Å². The van der Waals surface area contributed by atoms with Crippen LogP contribution in [0.5, 0.6) is 0 Å². The van der Waals surface area contributed by atoms with Crippen LogP contribution in [0.15, 0.2) is 0 Å². The molecule has 1 aliphatic rings. The molecule has 0 fully saturated rings. The van der Waals surface area contributed by atoms with E-state index in [1.807, 2.05) is 11.3 Å². The normalized spacial score (nSPS) is 18.7. The number of thiazole rings is 1. The molecular formula is C16H28N2S. The fourth-order valence-corrected chi connectivity index (χ4v) is 4.72. The number of fused-ring (bicyclic) bond motifs is 1. The molecule has 1 N–H and O–H groups in total. The van der Waals surface area contributed by atoms with Crippen LogP contribution < -0.4 is 5.32 Å². The van der Waals surface area contributed by atoms with Crippen molar-refractivity contribution in [3.8, 4) is 0 Å². The zero-order valence-corrected chi connectivity index (χ0v) is 13.9. The highest BCUT2D eigenvalue weighted by Gasteiger charge is 2.38. The van der Waals surface area contributed by atoms with E-state index in [0.717, 1.165) is 6.42 Å². The highest BCUT2D eigenvalue weighted by Crippen LogP contribution is 2.39. The van der Waals surface area contributed by atoms with Gasteiger partial charge in [0.1, 0.15) is 5.01 Å². The van der Waals surface area contributed by atoms with Crippen molar-refractivity contribution in [3.05, 3.63) is 15.6 Å². The Morgan fingerprint density at radius 3 is 2.42 bits per heavy atom. The molecule has 1 unspecified atom stereocenters. The number of aryl methyl sites for hydroxylation is 2. The molecule has 0 bridgehead atoms. The molecule has 1 heterocycles. The number of rotatable bonds is 5. The fourth-order valence-electron chi connectivity index (χ4n) is 3.19. The van der Waals surface area contributed by atoms with E-state index in [1.165, 1.54) is 36.4 Å². The lowest BCUT2D eigenvalue weighted by Gasteiger charge is -2.38. The number of nitrogens with zero attached hydrogens (tertiary/aromatic N) is 1. The Kier molecular flexibility index (Phi) is 4.67. The molecule has 1 aromatic rings. The van der Waals surface area contributed by atoms with Gasteiger partial charge in [0.2, 0.25) is 0 Å². The molecule has 0 aliphatic heterocycles. The lowest BCUT2D eigenvalue weighted by Crippen LogP contribution is -2.49. The first kappa shape index (κ1) is 15.0. The van der Waals surface area contributed by atoms with Gasteiger partial charge in [0.05, 0.1) is 11.2 Å². The minimum Gasteiger partial charge on any atom is -0.303 e. The monoisotopic (exact) mass is 280 g/mol. The molecule has 108 valence electrons. The van der Waals surface area contributed by atoms with Crippen LogP contribution in [-0.4, -0.2) is 11.0 Å². The summed E-state index contributed by atoms with van der Waals surface area (Å²) in [6, 6.07) is 0.489. The van der Waals surface area contributed by atoms with Crippen LogP contribution in [0.25, 0.3) is 0 Å². The van der Waals surface area contributed by atoms with Crippen LogP contribution in [0.3, 0.4) is 0 Å². The van der Waals surface area contributed by atoms with Gasteiger partial charge in [-0.25, -0.2) is 4.98 Å². The van der Waals surface area contributed by atoms with Crippen molar-refractivity contribution in [2.75, 3.05) is 0 Å². The lowest BCUT2D eigenvalue weighted by molar-refractivity contribution is 0.210. The standard InChI is InChI=1S/C16H28N2S/c1-6-16(11(2)3,18-12(4)5)15-17-13-9-7-8-10-14(13)19-15/h11-12,18H,6-10H2,1-5H3. The first-order valence-corrected chi connectivity index (χ1v) is 8.58. The molecule has 0 amide bonds. The van der Waals surface area contributed by atoms with E-state index in [4.69, 9.17) is 4.98 Å². The van der Waals surface area contributed by atoms with Crippen molar-refractivity contribution < 1.29 is 0 Å². The van der Waals surface area contributed by atoms with Gasteiger partial charge in [0, 0.05) is 10.9 Å². The molecule has 2 nitrogen and oxygen atoms in total. The zero-order valence-electron chi connectivity index (χ0n) is 13.0. The maximum Gasteiger partial charge on any atom is 0.114 e. The van der Waals surface area contributed by atoms with E-state index in [1.54, 1.807) is 4.88 Å². The summed E-state index contributed by atoms with van der Waals surface area (Å²) in [5, 5.41) is 5.14. The molecule has 0 radical (unpaired) electrons. The number of hydrogen-bond acceptors (Lipinski definition) is 3. The van der Waals surface area contributed by atoms with Crippen molar-refractivity contribution >= 4 is 11.3 Å². The quantitative estimate of drug-likeness (QED) is 0.870. The fraction of sp³-hybridized carbons (Fsp3) is 0.812. The predicted molar refractivity (Wildman–Crippen MR) is 83.8 cm³/mol. The summed E-state index contributed by atoms with van der Waals surface area (Å²) < 4.78 is 0. The number of nitrogens with one attached hydrogen (secondary N) is 1. The SMILES string of the molecule is CCC(NC(C)C)(c1nc2c(s1)CCCC2)C(C)C. The smallest absolute Gasteiger partial charge is 0.114 e. The second-order valence-corrected chi connectivity index (χ2v) is 7.46. The number of aromatic nitrogens is 1. The van der Waals surface area contributed by atoms with E-state index in [-0.39, 0.29) is 5.54 Å². The zero-order chi connectivity index (χ0) is 14.0. The third kappa shape index (κ3) is 2.87. The van der Waals surface area contributed by atoms with E-state index < -0.39 is 0 Å². The van der Waals surface area contributed by atoms with Crippen LogP contribution in [0, 0.1) is 5.92 Å². The Morgan fingerprint density at radius 2 is 1.89 bits per heavy atom. The van der Waals surface area contributed by atoms with Crippen molar-refractivity contribution in [3.63, 3.8) is 0 Å². The van der Waals surface area contributed by atoms with Gasteiger partial charge in [-0.2, -0.15) is 0 Å². The molecule has 0 saturated heterocycles. The van der Waals surface area contributed by atoms with Crippen LogP contribution in [0.4, 0.5) is 0 Å². The first-order valence-electron chi connectivity index (χ1n) is 7.76. The molecule has 0 aromatic carbocycles. The van der Waals surface area contributed by atoms with E-state index in [0.29, 0.717) is 12.0 Å². The van der Waals surface area contributed by atoms with Gasteiger partial charge in [-0.1, -0.05) is 20.8 Å². The molecule has 2 rings (SSSR count). The maximum atomic E-state index is 5.02. The average molecular weight is 280 g/mol. The first-order chi connectivity index (χ1) is 8.99. The lowest BCUT2D eigenvalue weighted by atomic mass is 9.83. The van der Waals surface area contributed by atoms with Crippen molar-refractivity contribution in [2.24, 2.45) is 5.92 Å². The second kappa shape index (κ2) is 5.92. The van der Waals surface area contributed by atoms with Crippen molar-refractivity contribution in [2.45, 2.75) is 78.3 Å². The Bertz CT molecular complexity index is 399. The minimum atomic E-state index is 0.0518. The summed E-state index contributed by atoms with van der Waals surface area (Å²) in [4.78, 5) is 6.57. The highest BCUT2D eigenvalue weighted by molar-refractivity contribution is 7.11. The average Bonchev–Trinajstić information content (AvgIpc) is 2.79. The molecule has 19 heavy (non-hydrogen) atoms. The molecule has 0 saturated carbocycles. The molecule has 1 aromatic heterocycles. The second-order valence-electron chi connectivity index (χ2n) is 6.37. The van der Waals surface area contributed by atoms with Gasteiger partial charge in [-0.05, 0) is 51.9 Å². The third-order valence-corrected chi connectivity index (χ3v) is 5.65. The Balaban J connectivity index is 2.39. The summed E-state index contributed by atoms with van der Waals surface area (Å²) in [5.41, 5.74) is 1.44. The summed E-state index contributed by atoms with van der Waals surface area (Å²) >= 11 is 1.96. The largest absolute Gasteiger partial charge is 0.303 e. The Labute approximate surface area is 122 Å². The van der Waals surface area contributed by atoms with Gasteiger partial charge >= 0.3 is 0 Å². The number of hydrogen-bond donors (Lipinski definition) is 1. The van der Waals surface area contributed by atoms with Gasteiger partial charge in [-0.3, -0.25) is 0 Å². The summed E-state index contributed by atoms with van der Waals surface area (Å²) in [6.07, 6.45) is 6.19. The van der Waals surface area contributed by atoms with Crippen LogP contribution >= 0.6 is 11.3 Å². The highest BCUT2D eigenvalue weighted by atomic mass is 32.1. The molecule has 1 atom stereocenters. The third-order valence-electron chi connectivity index (χ3n) is 4.32. The summed E-state index contributed by atoms with van der Waals surface area (Å²) in [6.45, 7) is 11.4. The molecule has 1 aliphatic carbocycles. The van der Waals surface area contributed by atoms with Gasteiger partial charge in [0.25, 0.3) is 0 Å². The van der Waals surface area contributed by atoms with Crippen LogP contribution in [0.2, 0.25) is 0 Å². The van der Waals surface area contributed by atoms with Gasteiger partial charge in [-0.15, -0.1) is 11.3 Å². The van der Waals surface area contributed by atoms with E-state index in [2.05, 4.69) is 39.9 Å². The van der Waals surface area contributed by atoms with Crippen molar-refractivity contribution in [1.29, 1.82) is 0 Å². The molecule has 0 spiro atoms. The van der Waals surface area contributed by atoms with E-state index >= 15 is 0 Å².